The van der Waals surface area contributed by atoms with Crippen molar-refractivity contribution < 1.29 is 13.2 Å². The number of fused-ring (bicyclic) bond motifs is 1. The van der Waals surface area contributed by atoms with Crippen molar-refractivity contribution in [1.29, 1.82) is 0 Å². The third-order valence-corrected chi connectivity index (χ3v) is 7.62. The van der Waals surface area contributed by atoms with Crippen molar-refractivity contribution in [1.82, 2.24) is 9.62 Å². The predicted molar refractivity (Wildman–Crippen MR) is 111 cm³/mol. The second kappa shape index (κ2) is 8.23. The first-order valence-electron chi connectivity index (χ1n) is 9.38. The van der Waals surface area contributed by atoms with Crippen LogP contribution in [-0.2, 0) is 16.4 Å². The highest BCUT2D eigenvalue weighted by atomic mass is 35.5. The van der Waals surface area contributed by atoms with Gasteiger partial charge in [-0.05, 0) is 62.4 Å². The topological polar surface area (TPSA) is 66.5 Å². The number of nitrogens with one attached hydrogen (secondary N) is 1. The number of carbonyl (C=O) groups is 1. The molecular weight excluding hydrogens is 396 g/mol. The average Bonchev–Trinajstić information content (AvgIpc) is 2.67. The molecule has 0 heterocycles. The molecule has 0 aliphatic heterocycles. The SMILES string of the molecule is CC(C)N(C)S(=O)(=O)c1ccc(Cl)c(C(=O)NC2CCCc3ccccc32)c1. The lowest BCUT2D eigenvalue weighted by molar-refractivity contribution is 0.0932. The minimum absolute atomic E-state index is 0.0577. The standard InChI is InChI=1S/C21H25ClN2O3S/c1-14(2)24(3)28(26,27)16-11-12-19(22)18(13-16)21(25)23-20-10-6-8-15-7-4-5-9-17(15)20/h4-5,7,9,11-14,20H,6,8,10H2,1-3H3,(H,23,25). The smallest absolute Gasteiger partial charge is 0.253 e. The van der Waals surface area contributed by atoms with Crippen LogP contribution in [0.1, 0.15) is 54.2 Å². The number of hydrogen-bond acceptors (Lipinski definition) is 3. The number of nitrogens with zero attached hydrogens (tertiary/aromatic N) is 1. The Morgan fingerprint density at radius 3 is 2.64 bits per heavy atom. The normalized spacial score (nSPS) is 16.9. The zero-order valence-electron chi connectivity index (χ0n) is 16.3. The predicted octanol–water partition coefficient (Wildman–Crippen LogP) is 4.18. The Morgan fingerprint density at radius 2 is 1.93 bits per heavy atom. The van der Waals surface area contributed by atoms with E-state index in [1.54, 1.807) is 13.8 Å². The van der Waals surface area contributed by atoms with Gasteiger partial charge in [0, 0.05) is 13.1 Å². The van der Waals surface area contributed by atoms with Crippen LogP contribution in [0.5, 0.6) is 0 Å². The molecule has 0 aromatic heterocycles. The number of carbonyl (C=O) groups excluding carboxylic acids is 1. The van der Waals surface area contributed by atoms with Gasteiger partial charge in [0.05, 0.1) is 21.5 Å². The molecule has 1 atom stereocenters. The highest BCUT2D eigenvalue weighted by Crippen LogP contribution is 2.30. The van der Waals surface area contributed by atoms with Crippen molar-refractivity contribution in [3.8, 4) is 0 Å². The van der Waals surface area contributed by atoms with Crippen LogP contribution in [0.3, 0.4) is 0 Å². The largest absolute Gasteiger partial charge is 0.345 e. The molecule has 7 heteroatoms. The van der Waals surface area contributed by atoms with Crippen LogP contribution in [0.4, 0.5) is 0 Å². The molecule has 0 spiro atoms. The van der Waals surface area contributed by atoms with Gasteiger partial charge in [-0.1, -0.05) is 35.9 Å². The zero-order valence-corrected chi connectivity index (χ0v) is 17.8. The van der Waals surface area contributed by atoms with Crippen LogP contribution >= 0.6 is 11.6 Å². The Labute approximate surface area is 171 Å². The number of sulfonamides is 1. The Balaban J connectivity index is 1.89. The van der Waals surface area contributed by atoms with Gasteiger partial charge < -0.3 is 5.32 Å². The molecule has 1 aliphatic rings. The molecule has 1 amide bonds. The number of benzene rings is 2. The number of aryl methyl sites for hydroxylation is 1. The lowest BCUT2D eigenvalue weighted by Crippen LogP contribution is -2.34. The van der Waals surface area contributed by atoms with E-state index in [2.05, 4.69) is 11.4 Å². The van der Waals surface area contributed by atoms with Crippen molar-refractivity contribution in [3.05, 3.63) is 64.2 Å². The summed E-state index contributed by atoms with van der Waals surface area (Å²) in [6.07, 6.45) is 2.83. The van der Waals surface area contributed by atoms with Crippen molar-refractivity contribution in [3.63, 3.8) is 0 Å². The van der Waals surface area contributed by atoms with Crippen LogP contribution in [0.2, 0.25) is 5.02 Å². The first-order valence-corrected chi connectivity index (χ1v) is 11.2. The molecule has 0 bridgehead atoms. The molecule has 0 saturated heterocycles. The summed E-state index contributed by atoms with van der Waals surface area (Å²) in [5.41, 5.74) is 2.52. The summed E-state index contributed by atoms with van der Waals surface area (Å²) in [5.74, 6) is -0.365. The lowest BCUT2D eigenvalue weighted by Gasteiger charge is -2.26. The number of hydrogen-bond donors (Lipinski definition) is 1. The van der Waals surface area contributed by atoms with E-state index in [1.807, 2.05) is 18.2 Å². The molecule has 2 aromatic rings. The minimum Gasteiger partial charge on any atom is -0.345 e. The van der Waals surface area contributed by atoms with E-state index in [0.717, 1.165) is 24.8 Å². The van der Waals surface area contributed by atoms with Crippen molar-refractivity contribution in [2.75, 3.05) is 7.05 Å². The Kier molecular flexibility index (Phi) is 6.12. The summed E-state index contributed by atoms with van der Waals surface area (Å²) >= 11 is 6.23. The summed E-state index contributed by atoms with van der Waals surface area (Å²) in [6.45, 7) is 3.59. The quantitative estimate of drug-likeness (QED) is 0.789. The zero-order chi connectivity index (χ0) is 20.5. The minimum atomic E-state index is -3.70. The number of rotatable bonds is 5. The van der Waals surface area contributed by atoms with E-state index in [4.69, 9.17) is 11.6 Å². The molecule has 3 rings (SSSR count). The fourth-order valence-electron chi connectivity index (χ4n) is 3.42. The molecule has 1 aliphatic carbocycles. The van der Waals surface area contributed by atoms with Crippen molar-refractivity contribution in [2.45, 2.75) is 50.1 Å². The highest BCUT2D eigenvalue weighted by Gasteiger charge is 2.27. The van der Waals surface area contributed by atoms with E-state index in [9.17, 15) is 13.2 Å². The maximum Gasteiger partial charge on any atom is 0.253 e. The van der Waals surface area contributed by atoms with Crippen LogP contribution in [0.25, 0.3) is 0 Å². The molecule has 28 heavy (non-hydrogen) atoms. The van der Waals surface area contributed by atoms with E-state index < -0.39 is 10.0 Å². The lowest BCUT2D eigenvalue weighted by atomic mass is 9.87. The number of amides is 1. The second-order valence-corrected chi connectivity index (χ2v) is 9.78. The van der Waals surface area contributed by atoms with Gasteiger partial charge in [0.1, 0.15) is 0 Å². The molecule has 0 saturated carbocycles. The third-order valence-electron chi connectivity index (χ3n) is 5.26. The first kappa shape index (κ1) is 20.8. The highest BCUT2D eigenvalue weighted by molar-refractivity contribution is 7.89. The van der Waals surface area contributed by atoms with Crippen LogP contribution in [0, 0.1) is 0 Å². The Morgan fingerprint density at radius 1 is 1.21 bits per heavy atom. The van der Waals surface area contributed by atoms with E-state index in [1.165, 1.54) is 35.1 Å². The van der Waals surface area contributed by atoms with Gasteiger partial charge in [0.15, 0.2) is 0 Å². The van der Waals surface area contributed by atoms with Crippen LogP contribution < -0.4 is 5.32 Å². The van der Waals surface area contributed by atoms with Gasteiger partial charge in [-0.3, -0.25) is 4.79 Å². The number of halogens is 1. The summed E-state index contributed by atoms with van der Waals surface area (Å²) in [7, 11) is -2.18. The second-order valence-electron chi connectivity index (χ2n) is 7.37. The monoisotopic (exact) mass is 420 g/mol. The van der Waals surface area contributed by atoms with Crippen molar-refractivity contribution in [2.24, 2.45) is 0 Å². The molecule has 0 radical (unpaired) electrons. The summed E-state index contributed by atoms with van der Waals surface area (Å²) in [6, 6.07) is 12.0. The molecule has 1 N–H and O–H groups in total. The van der Waals surface area contributed by atoms with E-state index in [0.29, 0.717) is 0 Å². The fourth-order valence-corrected chi connectivity index (χ4v) is 5.02. The molecule has 150 valence electrons. The van der Waals surface area contributed by atoms with Crippen LogP contribution in [0.15, 0.2) is 47.4 Å². The third kappa shape index (κ3) is 4.09. The van der Waals surface area contributed by atoms with Gasteiger partial charge in [-0.2, -0.15) is 4.31 Å². The van der Waals surface area contributed by atoms with E-state index >= 15 is 0 Å². The van der Waals surface area contributed by atoms with Gasteiger partial charge in [-0.15, -0.1) is 0 Å². The summed E-state index contributed by atoms with van der Waals surface area (Å²) in [5, 5.41) is 3.26. The van der Waals surface area contributed by atoms with Gasteiger partial charge in [0.25, 0.3) is 5.91 Å². The Hall–Kier alpha value is -1.89. The summed E-state index contributed by atoms with van der Waals surface area (Å²) < 4.78 is 26.8. The van der Waals surface area contributed by atoms with Crippen molar-refractivity contribution >= 4 is 27.5 Å². The summed E-state index contributed by atoms with van der Waals surface area (Å²) in [4.78, 5) is 13.0. The van der Waals surface area contributed by atoms with Gasteiger partial charge >= 0.3 is 0 Å². The van der Waals surface area contributed by atoms with Gasteiger partial charge in [-0.25, -0.2) is 8.42 Å². The molecule has 1 unspecified atom stereocenters. The van der Waals surface area contributed by atoms with Gasteiger partial charge in [0.2, 0.25) is 10.0 Å². The molecule has 5 nitrogen and oxygen atoms in total. The fraction of sp³-hybridized carbons (Fsp3) is 0.381. The molecular formula is C21H25ClN2O3S. The first-order chi connectivity index (χ1) is 13.2. The molecule has 0 fully saturated rings. The van der Waals surface area contributed by atoms with Crippen LogP contribution in [-0.4, -0.2) is 31.7 Å². The Bertz CT molecular complexity index is 989. The van der Waals surface area contributed by atoms with E-state index in [-0.39, 0.29) is 33.5 Å². The maximum atomic E-state index is 12.9. The molecule has 2 aromatic carbocycles. The average molecular weight is 421 g/mol. The maximum absolute atomic E-state index is 12.9.